The lowest BCUT2D eigenvalue weighted by atomic mass is 10.1. The third-order valence-electron chi connectivity index (χ3n) is 7.19. The zero-order chi connectivity index (χ0) is 35.1. The van der Waals surface area contributed by atoms with Crippen LogP contribution in [0.3, 0.4) is 0 Å². The van der Waals surface area contributed by atoms with E-state index in [2.05, 4.69) is 45.6 Å². The molecule has 2 aliphatic rings. The van der Waals surface area contributed by atoms with Gasteiger partial charge in [0.25, 0.3) is 10.1 Å². The molecular weight excluding hydrogens is 739 g/mol. The molecule has 6 rings (SSSR count). The maximum Gasteiger partial charge on any atom is 0.295 e. The predicted octanol–water partition coefficient (Wildman–Crippen LogP) is 4.37. The Bertz CT molecular complexity index is 1970. The zero-order valence-corrected chi connectivity index (χ0v) is 28.9. The maximum atomic E-state index is 12.5. The average molecular weight is 768 g/mol. The zero-order valence-electron chi connectivity index (χ0n) is 25.8. The van der Waals surface area contributed by atoms with E-state index in [1.807, 2.05) is 9.80 Å². The van der Waals surface area contributed by atoms with Crippen LogP contribution in [0.15, 0.2) is 46.2 Å². The highest BCUT2D eigenvalue weighted by Crippen LogP contribution is 2.31. The number of aromatic nitrogens is 6. The van der Waals surface area contributed by atoms with Crippen molar-refractivity contribution in [1.82, 2.24) is 29.9 Å². The molecule has 2 aromatic carbocycles. The Labute approximate surface area is 299 Å². The van der Waals surface area contributed by atoms with Gasteiger partial charge in [0, 0.05) is 42.4 Å². The molecule has 0 atom stereocenters. The van der Waals surface area contributed by atoms with E-state index in [0.717, 1.165) is 0 Å². The Kier molecular flexibility index (Phi) is 11.7. The Morgan fingerprint density at radius 3 is 1.78 bits per heavy atom. The van der Waals surface area contributed by atoms with Crippen LogP contribution < -0.4 is 20.4 Å². The summed E-state index contributed by atoms with van der Waals surface area (Å²) >= 11 is 13.0. The number of hydrogen-bond donors (Lipinski definition) is 4. The van der Waals surface area contributed by atoms with E-state index in [4.69, 9.17) is 42.3 Å². The van der Waals surface area contributed by atoms with Gasteiger partial charge < -0.3 is 29.9 Å². The van der Waals surface area contributed by atoms with E-state index < -0.39 is 15.0 Å². The molecule has 2 aromatic heterocycles. The minimum Gasteiger partial charge on any atom is -0.378 e. The smallest absolute Gasteiger partial charge is 0.295 e. The quantitative estimate of drug-likeness (QED) is 0.0517. The molecule has 0 radical (unpaired) electrons. The molecule has 4 N–H and O–H groups in total. The summed E-state index contributed by atoms with van der Waals surface area (Å²) in [6.45, 7) is 4.42. The molecule has 0 amide bonds. The van der Waals surface area contributed by atoms with Gasteiger partial charge in [-0.05, 0) is 58.6 Å². The van der Waals surface area contributed by atoms with Crippen molar-refractivity contribution in [3.63, 3.8) is 0 Å². The summed E-state index contributed by atoms with van der Waals surface area (Å²) in [6.07, 6.45) is 3.07. The lowest BCUT2D eigenvalue weighted by Crippen LogP contribution is -2.37. The lowest BCUT2D eigenvalue weighted by Gasteiger charge is -2.26. The van der Waals surface area contributed by atoms with Gasteiger partial charge in [-0.15, -0.1) is 4.33 Å². The molecule has 264 valence electrons. The fraction of sp³-hybridized carbons (Fsp3) is 0.286. The van der Waals surface area contributed by atoms with Crippen molar-refractivity contribution >= 4 is 92.7 Å². The number of ether oxygens (including phenoxy) is 2. The van der Waals surface area contributed by atoms with Crippen molar-refractivity contribution in [1.29, 1.82) is 0 Å². The van der Waals surface area contributed by atoms with Gasteiger partial charge in [0.1, 0.15) is 4.90 Å². The second-order valence-corrected chi connectivity index (χ2v) is 13.3. The molecule has 4 aromatic rings. The molecule has 50 heavy (non-hydrogen) atoms. The van der Waals surface area contributed by atoms with E-state index in [0.29, 0.717) is 92.7 Å². The summed E-state index contributed by atoms with van der Waals surface area (Å²) in [6, 6.07) is 9.34. The lowest BCUT2D eigenvalue weighted by molar-refractivity contribution is -0.432. The van der Waals surface area contributed by atoms with Crippen LogP contribution in [0.1, 0.15) is 11.1 Å². The van der Waals surface area contributed by atoms with Gasteiger partial charge >= 0.3 is 0 Å². The van der Waals surface area contributed by atoms with Gasteiger partial charge in [-0.2, -0.15) is 38.3 Å². The Hall–Kier alpha value is -3.96. The molecule has 2 fully saturated rings. The van der Waals surface area contributed by atoms with E-state index in [1.54, 1.807) is 30.3 Å². The first kappa shape index (κ1) is 35.9. The highest BCUT2D eigenvalue weighted by atomic mass is 35.5. The number of morpholine rings is 2. The van der Waals surface area contributed by atoms with Crippen molar-refractivity contribution in [2.24, 2.45) is 0 Å². The number of rotatable bonds is 12. The van der Waals surface area contributed by atoms with Crippen LogP contribution in [0.2, 0.25) is 10.6 Å². The molecule has 2 saturated heterocycles. The van der Waals surface area contributed by atoms with Crippen LogP contribution in [0.5, 0.6) is 0 Å². The van der Waals surface area contributed by atoms with Crippen LogP contribution >= 0.6 is 35.2 Å². The summed E-state index contributed by atoms with van der Waals surface area (Å²) in [4.78, 5) is 29.3. The molecule has 0 bridgehead atoms. The standard InChI is InChI=1S/C28H28Cl2N10O8S2/c29-23-33-25(37-27(35-23)39-7-11-45-12-8-39)31-19-5-3-17(21(15-19)49-48-47-41)1-2-18-4-6-20(16-22(18)50(42,43)44)32-26-34-24(30)36-28(38-26)40-9-13-46-14-10-40/h1-6,15-16,41H,7-14H2,(H,42,43,44)(H,31,33,35,37)(H,32,34,36,38)/b2-1+. The highest BCUT2D eigenvalue weighted by Gasteiger charge is 2.20. The molecular formula is C28H28Cl2N10O8S2. The first-order chi connectivity index (χ1) is 24.1. The Balaban J connectivity index is 1.23. The average Bonchev–Trinajstić information content (AvgIpc) is 3.10. The molecule has 0 saturated carbocycles. The molecule has 0 unspecified atom stereocenters. The third kappa shape index (κ3) is 9.42. The van der Waals surface area contributed by atoms with E-state index >= 15 is 0 Å². The second-order valence-electron chi connectivity index (χ2n) is 10.4. The summed E-state index contributed by atoms with van der Waals surface area (Å²) in [5.41, 5.74) is 1.47. The number of halogens is 2. The van der Waals surface area contributed by atoms with E-state index in [9.17, 15) is 13.0 Å². The summed E-state index contributed by atoms with van der Waals surface area (Å²) in [7, 11) is -4.69. The molecule has 18 nitrogen and oxygen atoms in total. The molecule has 0 spiro atoms. The van der Waals surface area contributed by atoms with E-state index in [1.165, 1.54) is 18.2 Å². The first-order valence-electron chi connectivity index (χ1n) is 14.8. The number of hydrogen-bond acceptors (Lipinski definition) is 18. The molecule has 2 aliphatic heterocycles. The van der Waals surface area contributed by atoms with E-state index in [-0.39, 0.29) is 33.7 Å². The molecule has 4 heterocycles. The summed E-state index contributed by atoms with van der Waals surface area (Å²) in [5, 5.41) is 18.5. The van der Waals surface area contributed by atoms with Gasteiger partial charge in [0.2, 0.25) is 34.4 Å². The van der Waals surface area contributed by atoms with Crippen LogP contribution in [-0.4, -0.2) is 101 Å². The monoisotopic (exact) mass is 766 g/mol. The number of anilines is 6. The normalized spacial score (nSPS) is 15.4. The second kappa shape index (κ2) is 16.4. The van der Waals surface area contributed by atoms with Gasteiger partial charge in [-0.25, -0.2) is 5.26 Å². The van der Waals surface area contributed by atoms with Gasteiger partial charge in [0.05, 0.1) is 38.5 Å². The summed E-state index contributed by atoms with van der Waals surface area (Å²) < 4.78 is 50.5. The Morgan fingerprint density at radius 2 is 1.26 bits per heavy atom. The maximum absolute atomic E-state index is 12.5. The predicted molar refractivity (Wildman–Crippen MR) is 185 cm³/mol. The topological polar surface area (TPSA) is 219 Å². The van der Waals surface area contributed by atoms with Crippen LogP contribution in [0.25, 0.3) is 12.2 Å². The third-order valence-corrected chi connectivity index (χ3v) is 9.10. The number of benzene rings is 2. The highest BCUT2D eigenvalue weighted by molar-refractivity contribution is 7.94. The first-order valence-corrected chi connectivity index (χ1v) is 17.7. The van der Waals surface area contributed by atoms with Crippen molar-refractivity contribution < 1.29 is 37.1 Å². The fourth-order valence-corrected chi connectivity index (χ4v) is 6.42. The van der Waals surface area contributed by atoms with Crippen molar-refractivity contribution in [3.05, 3.63) is 58.1 Å². The SMILES string of the molecule is O=S(=O)(O)c1cc(Nc2nc(Cl)nc(N3CCOCC3)n2)ccc1/C=C/c1ccc(Nc2nc(Cl)nc(N3CCOCC3)n2)cc1SOOO. The van der Waals surface area contributed by atoms with Crippen LogP contribution in [-0.2, 0) is 29.0 Å². The van der Waals surface area contributed by atoms with Crippen LogP contribution in [0, 0.1) is 0 Å². The number of nitrogens with one attached hydrogen (secondary N) is 2. The summed E-state index contributed by atoms with van der Waals surface area (Å²) in [5.74, 6) is 1.00. The van der Waals surface area contributed by atoms with Crippen LogP contribution in [0.4, 0.5) is 35.2 Å². The number of nitrogens with zero attached hydrogens (tertiary/aromatic N) is 8. The minimum atomic E-state index is -4.69. The molecule has 22 heteroatoms. The van der Waals surface area contributed by atoms with Crippen molar-refractivity contribution in [2.45, 2.75) is 9.79 Å². The van der Waals surface area contributed by atoms with Gasteiger partial charge in [-0.1, -0.05) is 29.3 Å². The van der Waals surface area contributed by atoms with Gasteiger partial charge in [-0.3, -0.25) is 4.55 Å². The van der Waals surface area contributed by atoms with Crippen molar-refractivity contribution in [3.8, 4) is 0 Å². The van der Waals surface area contributed by atoms with Gasteiger partial charge in [0.15, 0.2) is 0 Å². The molecule has 0 aliphatic carbocycles. The fourth-order valence-electron chi connectivity index (χ4n) is 4.89. The largest absolute Gasteiger partial charge is 0.378 e. The minimum absolute atomic E-state index is 0.000793. The Morgan fingerprint density at radius 1 is 0.760 bits per heavy atom. The van der Waals surface area contributed by atoms with Crippen molar-refractivity contribution in [2.75, 3.05) is 73.0 Å².